The lowest BCUT2D eigenvalue weighted by atomic mass is 10.2. The van der Waals surface area contributed by atoms with Crippen molar-refractivity contribution in [1.29, 1.82) is 0 Å². The summed E-state index contributed by atoms with van der Waals surface area (Å²) in [5.41, 5.74) is 1.22. The van der Waals surface area contributed by atoms with Crippen molar-refractivity contribution in [3.8, 4) is 11.5 Å². The maximum Gasteiger partial charge on any atom is 0.256 e. The summed E-state index contributed by atoms with van der Waals surface area (Å²) < 4.78 is 10.6. The molecule has 1 N–H and O–H groups in total. The van der Waals surface area contributed by atoms with Gasteiger partial charge >= 0.3 is 0 Å². The summed E-state index contributed by atoms with van der Waals surface area (Å²) in [5.74, 6) is 1.90. The molecular weight excluding hydrogens is 366 g/mol. The Kier molecular flexibility index (Phi) is 6.20. The van der Waals surface area contributed by atoms with Crippen LogP contribution in [0.2, 0.25) is 0 Å². The molecule has 3 aromatic rings. The fraction of sp³-hybridized carbons (Fsp3) is 0.150. The van der Waals surface area contributed by atoms with Crippen molar-refractivity contribution < 1.29 is 14.3 Å². The second-order valence-corrected chi connectivity index (χ2v) is 7.43. The third-order valence-corrected chi connectivity index (χ3v) is 5.92. The molecule has 0 aliphatic carbocycles. The Labute approximate surface area is 161 Å². The first kappa shape index (κ1) is 18.4. The van der Waals surface area contributed by atoms with E-state index in [9.17, 15) is 4.79 Å². The lowest BCUT2D eigenvalue weighted by molar-refractivity contribution is 0.102. The molecule has 0 atom stereocenters. The Hall–Kier alpha value is -2.44. The Morgan fingerprint density at radius 1 is 1.08 bits per heavy atom. The number of anilines is 1. The van der Waals surface area contributed by atoms with Gasteiger partial charge in [-0.3, -0.25) is 4.79 Å². The van der Waals surface area contributed by atoms with Crippen LogP contribution in [0.1, 0.15) is 15.2 Å². The number of ether oxygens (including phenoxy) is 2. The number of hydrogen-bond acceptors (Lipinski definition) is 5. The van der Waals surface area contributed by atoms with Gasteiger partial charge in [-0.05, 0) is 35.7 Å². The smallest absolute Gasteiger partial charge is 0.256 e. The van der Waals surface area contributed by atoms with Crippen molar-refractivity contribution in [3.05, 3.63) is 70.4 Å². The molecule has 0 saturated heterocycles. The Balaban J connectivity index is 1.80. The molecule has 1 heterocycles. The number of nitrogens with one attached hydrogen (secondary N) is 1. The summed E-state index contributed by atoms with van der Waals surface area (Å²) in [5, 5.41) is 4.99. The first-order chi connectivity index (χ1) is 12.7. The van der Waals surface area contributed by atoms with E-state index in [1.165, 1.54) is 4.88 Å². The van der Waals surface area contributed by atoms with Gasteiger partial charge in [-0.25, -0.2) is 0 Å². The minimum absolute atomic E-state index is 0.175. The zero-order valence-electron chi connectivity index (χ0n) is 14.5. The van der Waals surface area contributed by atoms with Crippen molar-refractivity contribution >= 4 is 34.7 Å². The average molecular weight is 386 g/mol. The van der Waals surface area contributed by atoms with E-state index in [1.54, 1.807) is 55.5 Å². The van der Waals surface area contributed by atoms with E-state index in [4.69, 9.17) is 9.47 Å². The van der Waals surface area contributed by atoms with E-state index in [0.29, 0.717) is 22.7 Å². The highest BCUT2D eigenvalue weighted by Crippen LogP contribution is 2.31. The van der Waals surface area contributed by atoms with Gasteiger partial charge in [0, 0.05) is 21.6 Å². The van der Waals surface area contributed by atoms with Crippen LogP contribution in [0.4, 0.5) is 5.69 Å². The van der Waals surface area contributed by atoms with Crippen LogP contribution in [0, 0.1) is 0 Å². The van der Waals surface area contributed by atoms with Gasteiger partial charge in [-0.15, -0.1) is 23.1 Å². The maximum absolute atomic E-state index is 12.8. The van der Waals surface area contributed by atoms with Crippen LogP contribution in [0.5, 0.6) is 11.5 Å². The van der Waals surface area contributed by atoms with Crippen LogP contribution in [-0.4, -0.2) is 20.1 Å². The largest absolute Gasteiger partial charge is 0.497 e. The molecule has 0 unspecified atom stereocenters. The molecule has 26 heavy (non-hydrogen) atoms. The average Bonchev–Trinajstić information content (AvgIpc) is 3.20. The minimum atomic E-state index is -0.175. The van der Waals surface area contributed by atoms with Crippen molar-refractivity contribution in [3.63, 3.8) is 0 Å². The molecule has 1 amide bonds. The highest BCUT2D eigenvalue weighted by molar-refractivity contribution is 7.98. The first-order valence-electron chi connectivity index (χ1n) is 7.99. The molecule has 3 rings (SSSR count). The minimum Gasteiger partial charge on any atom is -0.497 e. The molecule has 0 radical (unpaired) electrons. The van der Waals surface area contributed by atoms with Crippen molar-refractivity contribution in [2.24, 2.45) is 0 Å². The standard InChI is InChI=1S/C20H19NO3S2/c1-23-14-9-10-18(24-2)17(12-14)21-20(22)16-7-3-4-8-19(16)26-13-15-6-5-11-25-15/h3-12H,13H2,1-2H3,(H,21,22). The molecule has 2 aromatic carbocycles. The predicted molar refractivity (Wildman–Crippen MR) is 108 cm³/mol. The topological polar surface area (TPSA) is 47.6 Å². The molecule has 0 spiro atoms. The quantitative estimate of drug-likeness (QED) is 0.560. The number of hydrogen-bond donors (Lipinski definition) is 1. The van der Waals surface area contributed by atoms with E-state index < -0.39 is 0 Å². The van der Waals surface area contributed by atoms with Crippen LogP contribution in [0.3, 0.4) is 0 Å². The maximum atomic E-state index is 12.8. The van der Waals surface area contributed by atoms with Gasteiger partial charge in [0.1, 0.15) is 11.5 Å². The number of amides is 1. The van der Waals surface area contributed by atoms with Gasteiger partial charge in [-0.1, -0.05) is 18.2 Å². The van der Waals surface area contributed by atoms with Gasteiger partial charge in [0.2, 0.25) is 0 Å². The summed E-state index contributed by atoms with van der Waals surface area (Å²) in [6, 6.07) is 17.1. The number of carbonyl (C=O) groups excluding carboxylic acids is 1. The zero-order chi connectivity index (χ0) is 18.4. The zero-order valence-corrected chi connectivity index (χ0v) is 16.2. The van der Waals surface area contributed by atoms with Crippen LogP contribution in [0.25, 0.3) is 0 Å². The number of benzene rings is 2. The van der Waals surface area contributed by atoms with Crippen LogP contribution >= 0.6 is 23.1 Å². The molecule has 4 nitrogen and oxygen atoms in total. The highest BCUT2D eigenvalue weighted by atomic mass is 32.2. The molecule has 134 valence electrons. The number of thioether (sulfide) groups is 1. The third kappa shape index (κ3) is 4.39. The summed E-state index contributed by atoms with van der Waals surface area (Å²) in [4.78, 5) is 15.1. The molecule has 1 aromatic heterocycles. The number of methoxy groups -OCH3 is 2. The molecule has 0 saturated carbocycles. The molecule has 0 aliphatic rings. The Morgan fingerprint density at radius 3 is 2.65 bits per heavy atom. The van der Waals surface area contributed by atoms with Gasteiger partial charge in [0.05, 0.1) is 25.5 Å². The Bertz CT molecular complexity index is 879. The van der Waals surface area contributed by atoms with Gasteiger partial charge in [-0.2, -0.15) is 0 Å². The van der Waals surface area contributed by atoms with E-state index in [-0.39, 0.29) is 5.91 Å². The lowest BCUT2D eigenvalue weighted by Gasteiger charge is -2.13. The number of thiophene rings is 1. The SMILES string of the molecule is COc1ccc(OC)c(NC(=O)c2ccccc2SCc2cccs2)c1. The number of carbonyl (C=O) groups is 1. The monoisotopic (exact) mass is 385 g/mol. The normalized spacial score (nSPS) is 10.4. The van der Waals surface area contributed by atoms with Gasteiger partial charge in [0.25, 0.3) is 5.91 Å². The fourth-order valence-electron chi connectivity index (χ4n) is 2.43. The summed E-state index contributed by atoms with van der Waals surface area (Å²) in [6.07, 6.45) is 0. The molecule has 6 heteroatoms. The van der Waals surface area contributed by atoms with Crippen LogP contribution < -0.4 is 14.8 Å². The second-order valence-electron chi connectivity index (χ2n) is 5.38. The Morgan fingerprint density at radius 2 is 1.92 bits per heavy atom. The third-order valence-electron chi connectivity index (χ3n) is 3.74. The number of rotatable bonds is 7. The van der Waals surface area contributed by atoms with Crippen LogP contribution in [0.15, 0.2) is 64.9 Å². The van der Waals surface area contributed by atoms with Crippen molar-refractivity contribution in [1.82, 2.24) is 0 Å². The van der Waals surface area contributed by atoms with E-state index in [0.717, 1.165) is 10.6 Å². The predicted octanol–water partition coefficient (Wildman–Crippen LogP) is 5.31. The summed E-state index contributed by atoms with van der Waals surface area (Å²) >= 11 is 3.37. The van der Waals surface area contributed by atoms with E-state index in [2.05, 4.69) is 16.8 Å². The molecular formula is C20H19NO3S2. The fourth-order valence-corrected chi connectivity index (χ4v) is 4.25. The van der Waals surface area contributed by atoms with Crippen molar-refractivity contribution in [2.45, 2.75) is 10.6 Å². The van der Waals surface area contributed by atoms with E-state index in [1.807, 2.05) is 30.3 Å². The first-order valence-corrected chi connectivity index (χ1v) is 9.85. The second kappa shape index (κ2) is 8.78. The molecule has 0 fully saturated rings. The highest BCUT2D eigenvalue weighted by Gasteiger charge is 2.14. The van der Waals surface area contributed by atoms with Gasteiger partial charge < -0.3 is 14.8 Å². The van der Waals surface area contributed by atoms with E-state index >= 15 is 0 Å². The van der Waals surface area contributed by atoms with Gasteiger partial charge in [0.15, 0.2) is 0 Å². The molecule has 0 aliphatic heterocycles. The summed E-state index contributed by atoms with van der Waals surface area (Å²) in [7, 11) is 3.16. The van der Waals surface area contributed by atoms with Crippen LogP contribution in [-0.2, 0) is 5.75 Å². The van der Waals surface area contributed by atoms with Crippen molar-refractivity contribution in [2.75, 3.05) is 19.5 Å². The lowest BCUT2D eigenvalue weighted by Crippen LogP contribution is -2.13. The molecule has 0 bridgehead atoms. The summed E-state index contributed by atoms with van der Waals surface area (Å²) in [6.45, 7) is 0.